The molecular formula is C21H21N5O2S3. The Hall–Kier alpha value is -2.82. The zero-order chi connectivity index (χ0) is 22.0. The third kappa shape index (κ3) is 5.09. The second-order valence-corrected chi connectivity index (χ2v) is 9.87. The lowest BCUT2D eigenvalue weighted by Gasteiger charge is -2.04. The summed E-state index contributed by atoms with van der Waals surface area (Å²) in [6, 6.07) is 8.06. The van der Waals surface area contributed by atoms with Crippen molar-refractivity contribution in [1.29, 1.82) is 0 Å². The molecule has 0 aliphatic rings. The number of anilines is 1. The lowest BCUT2D eigenvalue weighted by Crippen LogP contribution is -2.17. The van der Waals surface area contributed by atoms with E-state index in [1.807, 2.05) is 36.7 Å². The minimum absolute atomic E-state index is 0.0560. The summed E-state index contributed by atoms with van der Waals surface area (Å²) >= 11 is 4.49. The Labute approximate surface area is 191 Å². The molecule has 0 fully saturated rings. The van der Waals surface area contributed by atoms with Crippen molar-refractivity contribution in [3.63, 3.8) is 0 Å². The van der Waals surface area contributed by atoms with Crippen LogP contribution in [0, 0.1) is 13.8 Å². The van der Waals surface area contributed by atoms with Crippen LogP contribution in [0.15, 0.2) is 35.0 Å². The predicted octanol–water partition coefficient (Wildman–Crippen LogP) is 4.55. The minimum atomic E-state index is -0.142. The van der Waals surface area contributed by atoms with Crippen LogP contribution >= 0.6 is 34.0 Å². The second kappa shape index (κ2) is 9.13. The molecule has 0 atom stereocenters. The summed E-state index contributed by atoms with van der Waals surface area (Å²) in [4.78, 5) is 34.7. The Kier molecular flexibility index (Phi) is 6.30. The maximum absolute atomic E-state index is 12.5. The first kappa shape index (κ1) is 21.4. The van der Waals surface area contributed by atoms with Gasteiger partial charge in [0.1, 0.15) is 0 Å². The molecule has 0 bridgehead atoms. The van der Waals surface area contributed by atoms with E-state index in [4.69, 9.17) is 0 Å². The molecule has 0 radical (unpaired) electrons. The number of hydrogen-bond acceptors (Lipinski definition) is 7. The van der Waals surface area contributed by atoms with Gasteiger partial charge < -0.3 is 10.6 Å². The van der Waals surface area contributed by atoms with Crippen LogP contribution in [-0.4, -0.2) is 26.3 Å². The summed E-state index contributed by atoms with van der Waals surface area (Å²) in [7, 11) is 0. The van der Waals surface area contributed by atoms with E-state index in [1.165, 1.54) is 29.6 Å². The van der Waals surface area contributed by atoms with E-state index in [0.717, 1.165) is 37.7 Å². The van der Waals surface area contributed by atoms with E-state index < -0.39 is 0 Å². The third-order valence-electron chi connectivity index (χ3n) is 4.52. The molecule has 2 N–H and O–H groups in total. The molecule has 4 aromatic heterocycles. The predicted molar refractivity (Wildman–Crippen MR) is 126 cm³/mol. The second-order valence-electron chi connectivity index (χ2n) is 7.01. The smallest absolute Gasteiger partial charge is 0.232 e. The summed E-state index contributed by atoms with van der Waals surface area (Å²) < 4.78 is 2.08. The summed E-state index contributed by atoms with van der Waals surface area (Å²) in [5.74, 6) is -0.198. The van der Waals surface area contributed by atoms with E-state index in [1.54, 1.807) is 11.3 Å². The van der Waals surface area contributed by atoms with Crippen molar-refractivity contribution in [2.75, 3.05) is 5.32 Å². The van der Waals surface area contributed by atoms with Gasteiger partial charge in [-0.1, -0.05) is 0 Å². The topological polar surface area (TPSA) is 88.9 Å². The number of nitrogens with zero attached hydrogens (tertiary/aromatic N) is 3. The van der Waals surface area contributed by atoms with Crippen molar-refractivity contribution in [2.45, 2.75) is 33.7 Å². The molecule has 4 rings (SSSR count). The highest BCUT2D eigenvalue weighted by atomic mass is 32.1. The molecule has 0 saturated carbocycles. The highest BCUT2D eigenvalue weighted by Gasteiger charge is 2.14. The number of aryl methyl sites for hydroxylation is 2. The van der Waals surface area contributed by atoms with Crippen LogP contribution in [0.1, 0.15) is 28.9 Å². The van der Waals surface area contributed by atoms with Crippen LogP contribution in [0.4, 0.5) is 5.13 Å². The Morgan fingerprint density at radius 3 is 2.55 bits per heavy atom. The van der Waals surface area contributed by atoms with Gasteiger partial charge in [-0.25, -0.2) is 9.97 Å². The van der Waals surface area contributed by atoms with E-state index in [2.05, 4.69) is 37.3 Å². The van der Waals surface area contributed by atoms with E-state index >= 15 is 0 Å². The largest absolute Gasteiger partial charge is 0.351 e. The molecule has 0 aromatic carbocycles. The third-order valence-corrected chi connectivity index (χ3v) is 7.26. The number of carbonyl (C=O) groups is 2. The first-order valence-electron chi connectivity index (χ1n) is 9.57. The van der Waals surface area contributed by atoms with Gasteiger partial charge in [0.15, 0.2) is 10.3 Å². The molecule has 0 saturated heterocycles. The summed E-state index contributed by atoms with van der Waals surface area (Å²) in [5, 5.41) is 10.9. The maximum Gasteiger partial charge on any atom is 0.232 e. The van der Waals surface area contributed by atoms with Crippen LogP contribution < -0.4 is 10.6 Å². The number of carbonyl (C=O) groups excluding carboxylic acids is 2. The van der Waals surface area contributed by atoms with Gasteiger partial charge in [0.25, 0.3) is 0 Å². The van der Waals surface area contributed by atoms with Crippen LogP contribution in [0.3, 0.4) is 0 Å². The molecule has 0 aliphatic heterocycles. The van der Waals surface area contributed by atoms with Crippen molar-refractivity contribution in [1.82, 2.24) is 19.9 Å². The van der Waals surface area contributed by atoms with Crippen molar-refractivity contribution in [2.24, 2.45) is 0 Å². The number of thiazole rings is 2. The highest BCUT2D eigenvalue weighted by molar-refractivity contribution is 7.17. The van der Waals surface area contributed by atoms with Crippen LogP contribution in [0.5, 0.6) is 0 Å². The zero-order valence-electron chi connectivity index (χ0n) is 17.3. The van der Waals surface area contributed by atoms with Gasteiger partial charge in [0, 0.05) is 33.9 Å². The number of aromatic nitrogens is 3. The Balaban J connectivity index is 1.37. The van der Waals surface area contributed by atoms with Crippen LogP contribution in [0.2, 0.25) is 0 Å². The molecule has 31 heavy (non-hydrogen) atoms. The monoisotopic (exact) mass is 471 g/mol. The SMILES string of the molecule is CC(=O)NCc1ccc(-c2csc(NC(=O)Cc3csc(-n4c(C)ccc4C)n3)n2)s1. The number of thiophene rings is 1. The fraction of sp³-hybridized carbons (Fsp3) is 0.238. The average molecular weight is 472 g/mol. The van der Waals surface area contributed by atoms with E-state index in [0.29, 0.717) is 11.7 Å². The van der Waals surface area contributed by atoms with Crippen molar-refractivity contribution < 1.29 is 9.59 Å². The quantitative estimate of drug-likeness (QED) is 0.414. The summed E-state index contributed by atoms with van der Waals surface area (Å²) in [6.45, 7) is 6.08. The molecular weight excluding hydrogens is 450 g/mol. The van der Waals surface area contributed by atoms with Gasteiger partial charge in [-0.15, -0.1) is 34.0 Å². The molecule has 4 heterocycles. The standard InChI is InChI=1S/C21H21N5O2S3/c1-12-4-5-13(2)26(12)21-23-15(10-30-21)8-19(28)25-20-24-17(11-29-20)18-7-6-16(31-18)9-22-14(3)27/h4-7,10-11H,8-9H2,1-3H3,(H,22,27)(H,24,25,28). The number of nitrogens with one attached hydrogen (secondary N) is 2. The fourth-order valence-electron chi connectivity index (χ4n) is 3.04. The molecule has 0 unspecified atom stereocenters. The molecule has 160 valence electrons. The minimum Gasteiger partial charge on any atom is -0.351 e. The van der Waals surface area contributed by atoms with Gasteiger partial charge in [-0.3, -0.25) is 14.2 Å². The Morgan fingerprint density at radius 2 is 1.81 bits per heavy atom. The van der Waals surface area contributed by atoms with Gasteiger partial charge in [0.05, 0.1) is 29.2 Å². The van der Waals surface area contributed by atoms with Crippen molar-refractivity contribution in [3.8, 4) is 15.7 Å². The maximum atomic E-state index is 12.5. The Morgan fingerprint density at radius 1 is 1.03 bits per heavy atom. The molecule has 0 aliphatic carbocycles. The molecule has 10 heteroatoms. The normalized spacial score (nSPS) is 10.9. The lowest BCUT2D eigenvalue weighted by molar-refractivity contribution is -0.119. The zero-order valence-corrected chi connectivity index (χ0v) is 19.7. The molecule has 0 spiro atoms. The van der Waals surface area contributed by atoms with Gasteiger partial charge >= 0.3 is 0 Å². The average Bonchev–Trinajstić information content (AvgIpc) is 3.49. The van der Waals surface area contributed by atoms with E-state index in [-0.39, 0.29) is 18.2 Å². The number of rotatable bonds is 7. The first-order chi connectivity index (χ1) is 14.9. The van der Waals surface area contributed by atoms with Gasteiger partial charge in [-0.05, 0) is 38.1 Å². The number of hydrogen-bond donors (Lipinski definition) is 2. The van der Waals surface area contributed by atoms with Crippen molar-refractivity contribution >= 4 is 51.0 Å². The molecule has 4 aromatic rings. The summed E-state index contributed by atoms with van der Waals surface area (Å²) in [5.41, 5.74) is 3.79. The van der Waals surface area contributed by atoms with Crippen molar-refractivity contribution in [3.05, 3.63) is 57.0 Å². The lowest BCUT2D eigenvalue weighted by atomic mass is 10.3. The van der Waals surface area contributed by atoms with Gasteiger partial charge in [0.2, 0.25) is 11.8 Å². The van der Waals surface area contributed by atoms with E-state index in [9.17, 15) is 9.59 Å². The first-order valence-corrected chi connectivity index (χ1v) is 12.2. The molecule has 2 amide bonds. The van der Waals surface area contributed by atoms with Gasteiger partial charge in [-0.2, -0.15) is 0 Å². The van der Waals surface area contributed by atoms with Crippen LogP contribution in [-0.2, 0) is 22.6 Å². The van der Waals surface area contributed by atoms with Crippen LogP contribution in [0.25, 0.3) is 15.7 Å². The summed E-state index contributed by atoms with van der Waals surface area (Å²) in [6.07, 6.45) is 0.199. The fourth-order valence-corrected chi connectivity index (χ4v) is 5.70. The highest BCUT2D eigenvalue weighted by Crippen LogP contribution is 2.31. The number of amides is 2. The molecule has 7 nitrogen and oxygen atoms in total. The Bertz CT molecular complexity index is 1210.